The molecule has 0 spiro atoms. The maximum absolute atomic E-state index is 13.2. The number of rotatable bonds is 6. The molecular weight excluding hydrogens is 265 g/mol. The van der Waals surface area contributed by atoms with Gasteiger partial charge in [-0.15, -0.1) is 0 Å². The second kappa shape index (κ2) is 6.44. The molecule has 1 rings (SSSR count). The highest BCUT2D eigenvalue weighted by molar-refractivity contribution is 6.19. The number of ether oxygens (including phenoxy) is 1. The van der Waals surface area contributed by atoms with Crippen molar-refractivity contribution in [3.8, 4) is 5.75 Å². The van der Waals surface area contributed by atoms with Crippen molar-refractivity contribution in [2.75, 3.05) is 13.7 Å². The maximum atomic E-state index is 13.2. The van der Waals surface area contributed by atoms with Gasteiger partial charge in [0.2, 0.25) is 5.91 Å². The summed E-state index contributed by atoms with van der Waals surface area (Å²) in [6.07, 6.45) is 0. The SMILES string of the molecule is CCOc1cc(F)ccc1C(=N)C(C)(NO)C(=O)NC. The van der Waals surface area contributed by atoms with Crippen LogP contribution in [0.2, 0.25) is 0 Å². The Bertz CT molecular complexity index is 522. The van der Waals surface area contributed by atoms with Crippen LogP contribution in [0.15, 0.2) is 18.2 Å². The molecule has 110 valence electrons. The molecule has 7 heteroatoms. The van der Waals surface area contributed by atoms with Crippen LogP contribution in [0, 0.1) is 11.2 Å². The molecule has 0 aliphatic carbocycles. The van der Waals surface area contributed by atoms with Crippen LogP contribution in [-0.2, 0) is 4.79 Å². The summed E-state index contributed by atoms with van der Waals surface area (Å²) in [5.41, 5.74) is 0.147. The first-order valence-electron chi connectivity index (χ1n) is 6.05. The fraction of sp³-hybridized carbons (Fsp3) is 0.385. The lowest BCUT2D eigenvalue weighted by Gasteiger charge is -2.27. The van der Waals surface area contributed by atoms with Crippen LogP contribution in [0.4, 0.5) is 4.39 Å². The minimum absolute atomic E-state index is 0.142. The maximum Gasteiger partial charge on any atom is 0.248 e. The number of likely N-dealkylation sites (N-methyl/N-ethyl adjacent to an activating group) is 1. The van der Waals surface area contributed by atoms with E-state index in [0.717, 1.165) is 12.1 Å². The minimum Gasteiger partial charge on any atom is -0.493 e. The molecule has 0 aliphatic heterocycles. The van der Waals surface area contributed by atoms with Crippen molar-refractivity contribution in [3.05, 3.63) is 29.6 Å². The zero-order valence-corrected chi connectivity index (χ0v) is 11.6. The largest absolute Gasteiger partial charge is 0.493 e. The standard InChI is InChI=1S/C13H18FN3O3/c1-4-20-10-7-8(14)5-6-9(10)11(15)13(2,17-19)12(18)16-3/h5-7,15,17,19H,4H2,1-3H3,(H,16,18). The van der Waals surface area contributed by atoms with Gasteiger partial charge >= 0.3 is 0 Å². The zero-order chi connectivity index (χ0) is 15.3. The van der Waals surface area contributed by atoms with Crippen molar-refractivity contribution in [2.45, 2.75) is 19.4 Å². The van der Waals surface area contributed by atoms with E-state index in [9.17, 15) is 14.4 Å². The highest BCUT2D eigenvalue weighted by Crippen LogP contribution is 2.24. The first-order valence-corrected chi connectivity index (χ1v) is 6.05. The monoisotopic (exact) mass is 283 g/mol. The first-order chi connectivity index (χ1) is 9.40. The van der Waals surface area contributed by atoms with E-state index < -0.39 is 17.3 Å². The summed E-state index contributed by atoms with van der Waals surface area (Å²) in [5, 5.41) is 19.7. The van der Waals surface area contributed by atoms with Gasteiger partial charge in [-0.05, 0) is 26.0 Å². The van der Waals surface area contributed by atoms with Gasteiger partial charge in [0.25, 0.3) is 0 Å². The van der Waals surface area contributed by atoms with Crippen molar-refractivity contribution in [3.63, 3.8) is 0 Å². The van der Waals surface area contributed by atoms with E-state index in [1.54, 1.807) is 6.92 Å². The molecular formula is C13H18FN3O3. The Morgan fingerprint density at radius 2 is 2.20 bits per heavy atom. The molecule has 1 atom stereocenters. The number of carbonyl (C=O) groups excluding carboxylic acids is 1. The van der Waals surface area contributed by atoms with Gasteiger partial charge in [-0.1, -0.05) is 0 Å². The van der Waals surface area contributed by atoms with Gasteiger partial charge < -0.3 is 20.7 Å². The lowest BCUT2D eigenvalue weighted by atomic mass is 9.89. The second-order valence-electron chi connectivity index (χ2n) is 4.26. The zero-order valence-electron chi connectivity index (χ0n) is 11.6. The first kappa shape index (κ1) is 16.1. The van der Waals surface area contributed by atoms with E-state index in [1.165, 1.54) is 20.0 Å². The van der Waals surface area contributed by atoms with Crippen LogP contribution in [0.3, 0.4) is 0 Å². The van der Waals surface area contributed by atoms with E-state index in [1.807, 2.05) is 5.48 Å². The summed E-state index contributed by atoms with van der Waals surface area (Å²) in [4.78, 5) is 11.8. The number of benzene rings is 1. The van der Waals surface area contributed by atoms with E-state index in [2.05, 4.69) is 5.32 Å². The Kier molecular flexibility index (Phi) is 5.18. The van der Waals surface area contributed by atoms with Crippen molar-refractivity contribution in [2.24, 2.45) is 0 Å². The third-order valence-corrected chi connectivity index (χ3v) is 2.92. The van der Waals surface area contributed by atoms with Gasteiger partial charge in [-0.2, -0.15) is 5.48 Å². The fourth-order valence-electron chi connectivity index (χ4n) is 1.72. The molecule has 0 heterocycles. The van der Waals surface area contributed by atoms with Crippen molar-refractivity contribution < 1.29 is 19.1 Å². The Balaban J connectivity index is 3.29. The number of nitrogens with one attached hydrogen (secondary N) is 3. The van der Waals surface area contributed by atoms with Crippen LogP contribution >= 0.6 is 0 Å². The van der Waals surface area contributed by atoms with E-state index >= 15 is 0 Å². The molecule has 0 saturated heterocycles. The molecule has 0 aromatic heterocycles. The van der Waals surface area contributed by atoms with Crippen molar-refractivity contribution in [1.29, 1.82) is 5.41 Å². The highest BCUT2D eigenvalue weighted by atomic mass is 19.1. The fourth-order valence-corrected chi connectivity index (χ4v) is 1.72. The smallest absolute Gasteiger partial charge is 0.248 e. The van der Waals surface area contributed by atoms with Gasteiger partial charge in [0.15, 0.2) is 5.54 Å². The summed E-state index contributed by atoms with van der Waals surface area (Å²) in [5.74, 6) is -0.969. The number of carbonyl (C=O) groups is 1. The Labute approximate surface area is 116 Å². The normalized spacial score (nSPS) is 13.4. The molecule has 1 aromatic rings. The summed E-state index contributed by atoms with van der Waals surface area (Å²) in [7, 11) is 1.39. The Hall–Kier alpha value is -1.99. The van der Waals surface area contributed by atoms with E-state index in [-0.39, 0.29) is 23.6 Å². The predicted octanol–water partition coefficient (Wildman–Crippen LogP) is 1.08. The molecule has 1 unspecified atom stereocenters. The third kappa shape index (κ3) is 2.94. The van der Waals surface area contributed by atoms with Gasteiger partial charge in [0, 0.05) is 18.7 Å². The lowest BCUT2D eigenvalue weighted by Crippen LogP contribution is -2.58. The summed E-state index contributed by atoms with van der Waals surface area (Å²) >= 11 is 0. The van der Waals surface area contributed by atoms with Gasteiger partial charge in [-0.3, -0.25) is 4.79 Å². The number of hydrogen-bond donors (Lipinski definition) is 4. The van der Waals surface area contributed by atoms with Crippen LogP contribution < -0.4 is 15.5 Å². The molecule has 20 heavy (non-hydrogen) atoms. The third-order valence-electron chi connectivity index (χ3n) is 2.92. The van der Waals surface area contributed by atoms with Crippen LogP contribution in [0.1, 0.15) is 19.4 Å². The lowest BCUT2D eigenvalue weighted by molar-refractivity contribution is -0.127. The summed E-state index contributed by atoms with van der Waals surface area (Å²) < 4.78 is 18.5. The van der Waals surface area contributed by atoms with E-state index in [0.29, 0.717) is 0 Å². The summed E-state index contributed by atoms with van der Waals surface area (Å²) in [6.45, 7) is 3.35. The Morgan fingerprint density at radius 3 is 2.70 bits per heavy atom. The number of halogens is 1. The van der Waals surface area contributed by atoms with Gasteiger partial charge in [0.1, 0.15) is 11.6 Å². The molecule has 0 bridgehead atoms. The molecule has 6 nitrogen and oxygen atoms in total. The van der Waals surface area contributed by atoms with Gasteiger partial charge in [0.05, 0.1) is 12.3 Å². The predicted molar refractivity (Wildman–Crippen MR) is 71.8 cm³/mol. The van der Waals surface area contributed by atoms with Crippen molar-refractivity contribution in [1.82, 2.24) is 10.8 Å². The number of amides is 1. The van der Waals surface area contributed by atoms with Crippen molar-refractivity contribution >= 4 is 11.6 Å². The number of hydroxylamine groups is 1. The molecule has 0 fully saturated rings. The average Bonchev–Trinajstić information content (AvgIpc) is 2.45. The molecule has 1 aromatic carbocycles. The quantitative estimate of drug-likeness (QED) is 0.464. The molecule has 0 aliphatic rings. The number of hydrogen-bond acceptors (Lipinski definition) is 5. The van der Waals surface area contributed by atoms with Crippen LogP contribution in [0.5, 0.6) is 5.75 Å². The minimum atomic E-state index is -1.67. The highest BCUT2D eigenvalue weighted by Gasteiger charge is 2.38. The average molecular weight is 283 g/mol. The summed E-state index contributed by atoms with van der Waals surface area (Å²) in [6, 6.07) is 3.63. The van der Waals surface area contributed by atoms with Gasteiger partial charge in [-0.25, -0.2) is 4.39 Å². The molecule has 1 amide bonds. The van der Waals surface area contributed by atoms with Crippen LogP contribution in [-0.4, -0.2) is 36.0 Å². The van der Waals surface area contributed by atoms with Crippen LogP contribution in [0.25, 0.3) is 0 Å². The second-order valence-corrected chi connectivity index (χ2v) is 4.26. The topological polar surface area (TPSA) is 94.4 Å². The molecule has 4 N–H and O–H groups in total. The van der Waals surface area contributed by atoms with E-state index in [4.69, 9.17) is 10.1 Å². The molecule has 0 radical (unpaired) electrons. The Morgan fingerprint density at radius 1 is 1.55 bits per heavy atom. The molecule has 0 saturated carbocycles.